The van der Waals surface area contributed by atoms with Gasteiger partial charge in [0.15, 0.2) is 17.5 Å². The first-order valence-corrected chi connectivity index (χ1v) is 11.7. The van der Waals surface area contributed by atoms with E-state index in [0.29, 0.717) is 24.4 Å². The van der Waals surface area contributed by atoms with Crippen LogP contribution >= 0.6 is 24.0 Å². The van der Waals surface area contributed by atoms with Crippen molar-refractivity contribution in [3.05, 3.63) is 23.8 Å². The number of nitrogens with one attached hydrogen (secondary N) is 2. The molecule has 1 aromatic carbocycles. The van der Waals surface area contributed by atoms with Gasteiger partial charge in [-0.05, 0) is 50.8 Å². The molecule has 0 amide bonds. The molecular weight excluding hydrogens is 501 g/mol. The normalized spacial score (nSPS) is 20.3. The third-order valence-electron chi connectivity index (χ3n) is 4.92. The molecule has 2 N–H and O–H groups in total. The molecule has 3 unspecified atom stereocenters. The predicted molar refractivity (Wildman–Crippen MR) is 132 cm³/mol. The van der Waals surface area contributed by atoms with E-state index < -0.39 is 10.8 Å². The Bertz CT molecular complexity index is 673. The largest absolute Gasteiger partial charge is 0.493 e. The minimum atomic E-state index is -0.720. The van der Waals surface area contributed by atoms with E-state index in [1.807, 2.05) is 32.0 Å². The van der Waals surface area contributed by atoms with Crippen LogP contribution in [-0.2, 0) is 17.3 Å². The van der Waals surface area contributed by atoms with E-state index in [4.69, 9.17) is 14.5 Å². The Hall–Kier alpha value is -1.03. The van der Waals surface area contributed by atoms with E-state index in [-0.39, 0.29) is 24.0 Å². The van der Waals surface area contributed by atoms with Crippen molar-refractivity contribution in [1.29, 1.82) is 0 Å². The molecule has 0 aromatic heterocycles. The number of methoxy groups -OCH3 is 1. The molecule has 2 rings (SSSR count). The van der Waals surface area contributed by atoms with Crippen molar-refractivity contribution in [2.75, 3.05) is 26.0 Å². The molecule has 1 aliphatic carbocycles. The molecule has 1 saturated carbocycles. The fourth-order valence-electron chi connectivity index (χ4n) is 3.52. The van der Waals surface area contributed by atoms with Gasteiger partial charge in [-0.1, -0.05) is 19.4 Å². The van der Waals surface area contributed by atoms with Gasteiger partial charge < -0.3 is 20.1 Å². The highest BCUT2D eigenvalue weighted by atomic mass is 127. The molecule has 3 atom stereocenters. The van der Waals surface area contributed by atoms with Crippen molar-refractivity contribution in [2.45, 2.75) is 64.3 Å². The Morgan fingerprint density at radius 1 is 1.24 bits per heavy atom. The first-order chi connectivity index (χ1) is 13.6. The summed E-state index contributed by atoms with van der Waals surface area (Å²) in [5.41, 5.74) is 1.06. The second kappa shape index (κ2) is 14.1. The van der Waals surface area contributed by atoms with Gasteiger partial charge in [-0.2, -0.15) is 0 Å². The SMILES string of the molecule is CCNC(=NCc1ccc(OC)c(OCC)c1)NC1CCCC(S(=O)CC)C1.I. The molecule has 0 saturated heterocycles. The maximum atomic E-state index is 12.2. The van der Waals surface area contributed by atoms with Crippen molar-refractivity contribution in [1.82, 2.24) is 10.6 Å². The van der Waals surface area contributed by atoms with Gasteiger partial charge in [0.25, 0.3) is 0 Å². The van der Waals surface area contributed by atoms with Crippen LogP contribution in [0.3, 0.4) is 0 Å². The topological polar surface area (TPSA) is 72.0 Å². The highest BCUT2D eigenvalue weighted by molar-refractivity contribution is 14.0. The quantitative estimate of drug-likeness (QED) is 0.285. The lowest BCUT2D eigenvalue weighted by atomic mass is 9.95. The number of rotatable bonds is 9. The molecule has 0 radical (unpaired) electrons. The van der Waals surface area contributed by atoms with Crippen LogP contribution in [0.2, 0.25) is 0 Å². The van der Waals surface area contributed by atoms with Crippen LogP contribution < -0.4 is 20.1 Å². The summed E-state index contributed by atoms with van der Waals surface area (Å²) in [6, 6.07) is 6.23. The molecule has 1 fully saturated rings. The van der Waals surface area contributed by atoms with Crippen LogP contribution in [0.4, 0.5) is 0 Å². The zero-order chi connectivity index (χ0) is 20.4. The van der Waals surface area contributed by atoms with Crippen LogP contribution in [-0.4, -0.2) is 47.5 Å². The fourth-order valence-corrected chi connectivity index (χ4v) is 4.87. The first-order valence-electron chi connectivity index (χ1n) is 10.3. The molecule has 1 aromatic rings. The zero-order valence-electron chi connectivity index (χ0n) is 18.0. The molecule has 0 heterocycles. The van der Waals surface area contributed by atoms with Crippen LogP contribution in [0, 0.1) is 0 Å². The lowest BCUT2D eigenvalue weighted by molar-refractivity contribution is 0.310. The van der Waals surface area contributed by atoms with Crippen LogP contribution in [0.15, 0.2) is 23.2 Å². The smallest absolute Gasteiger partial charge is 0.191 e. The van der Waals surface area contributed by atoms with Gasteiger partial charge in [-0.25, -0.2) is 4.99 Å². The average molecular weight is 538 g/mol. The van der Waals surface area contributed by atoms with E-state index in [9.17, 15) is 4.21 Å². The molecule has 0 spiro atoms. The summed E-state index contributed by atoms with van der Waals surface area (Å²) in [5, 5.41) is 7.17. The van der Waals surface area contributed by atoms with Gasteiger partial charge >= 0.3 is 0 Å². The maximum Gasteiger partial charge on any atom is 0.191 e. The van der Waals surface area contributed by atoms with E-state index in [0.717, 1.165) is 61.0 Å². The standard InChI is InChI=1S/C21H35N3O3S.HI/c1-5-22-21(24-17-9-8-10-18(14-17)28(25)7-3)23-15-16-11-12-19(26-4)20(13-16)27-6-2;/h11-13,17-18H,5-10,14-15H2,1-4H3,(H2,22,23,24);1H. The number of hydrogen-bond donors (Lipinski definition) is 2. The molecule has 8 heteroatoms. The summed E-state index contributed by atoms with van der Waals surface area (Å²) >= 11 is 0. The number of ether oxygens (including phenoxy) is 2. The van der Waals surface area contributed by atoms with Crippen molar-refractivity contribution in [3.63, 3.8) is 0 Å². The van der Waals surface area contributed by atoms with Crippen LogP contribution in [0.5, 0.6) is 11.5 Å². The summed E-state index contributed by atoms with van der Waals surface area (Å²) in [6.07, 6.45) is 4.22. The third-order valence-corrected chi connectivity index (χ3v) is 6.66. The minimum Gasteiger partial charge on any atom is -0.493 e. The van der Waals surface area contributed by atoms with Gasteiger partial charge in [-0.15, -0.1) is 24.0 Å². The van der Waals surface area contributed by atoms with Gasteiger partial charge in [0.05, 0.1) is 20.3 Å². The number of benzene rings is 1. The van der Waals surface area contributed by atoms with Crippen molar-refractivity contribution < 1.29 is 13.7 Å². The van der Waals surface area contributed by atoms with Crippen molar-refractivity contribution >= 4 is 40.7 Å². The third kappa shape index (κ3) is 8.32. The second-order valence-corrected chi connectivity index (χ2v) is 8.92. The molecule has 0 aliphatic heterocycles. The number of guanidine groups is 1. The van der Waals surface area contributed by atoms with Gasteiger partial charge in [-0.3, -0.25) is 4.21 Å². The molecular formula is C21H36IN3O3S. The average Bonchev–Trinajstić information content (AvgIpc) is 2.72. The summed E-state index contributed by atoms with van der Waals surface area (Å²) in [7, 11) is 0.925. The predicted octanol–water partition coefficient (Wildman–Crippen LogP) is 3.85. The Morgan fingerprint density at radius 2 is 2.03 bits per heavy atom. The molecule has 0 bridgehead atoms. The fraction of sp³-hybridized carbons (Fsp3) is 0.667. The van der Waals surface area contributed by atoms with Crippen LogP contribution in [0.1, 0.15) is 52.0 Å². The second-order valence-electron chi connectivity index (χ2n) is 6.91. The highest BCUT2D eigenvalue weighted by Crippen LogP contribution is 2.28. The van der Waals surface area contributed by atoms with Crippen LogP contribution in [0.25, 0.3) is 0 Å². The number of nitrogens with zero attached hydrogens (tertiary/aromatic N) is 1. The minimum absolute atomic E-state index is 0. The number of aliphatic imine (C=N–C) groups is 1. The van der Waals surface area contributed by atoms with Gasteiger partial charge in [0, 0.05) is 34.4 Å². The lowest BCUT2D eigenvalue weighted by Gasteiger charge is -2.30. The number of hydrogen-bond acceptors (Lipinski definition) is 4. The Balaban J connectivity index is 0.00000420. The van der Waals surface area contributed by atoms with Crippen molar-refractivity contribution in [3.8, 4) is 11.5 Å². The zero-order valence-corrected chi connectivity index (χ0v) is 21.2. The maximum absolute atomic E-state index is 12.2. The summed E-state index contributed by atoms with van der Waals surface area (Å²) in [6.45, 7) is 7.97. The summed E-state index contributed by atoms with van der Waals surface area (Å²) in [5.74, 6) is 3.03. The molecule has 29 heavy (non-hydrogen) atoms. The lowest BCUT2D eigenvalue weighted by Crippen LogP contribution is -2.46. The highest BCUT2D eigenvalue weighted by Gasteiger charge is 2.26. The van der Waals surface area contributed by atoms with E-state index in [1.54, 1.807) is 7.11 Å². The molecule has 1 aliphatic rings. The molecule has 6 nitrogen and oxygen atoms in total. The summed E-state index contributed by atoms with van der Waals surface area (Å²) < 4.78 is 23.2. The Morgan fingerprint density at radius 3 is 2.69 bits per heavy atom. The van der Waals surface area contributed by atoms with E-state index >= 15 is 0 Å². The summed E-state index contributed by atoms with van der Waals surface area (Å²) in [4.78, 5) is 4.75. The van der Waals surface area contributed by atoms with Gasteiger partial charge in [0.1, 0.15) is 0 Å². The monoisotopic (exact) mass is 537 g/mol. The van der Waals surface area contributed by atoms with Gasteiger partial charge in [0.2, 0.25) is 0 Å². The van der Waals surface area contributed by atoms with E-state index in [1.165, 1.54) is 0 Å². The van der Waals surface area contributed by atoms with E-state index in [2.05, 4.69) is 17.6 Å². The first kappa shape index (κ1) is 26.0. The Labute approximate surface area is 195 Å². The Kier molecular flexibility index (Phi) is 12.6. The van der Waals surface area contributed by atoms with Crippen molar-refractivity contribution in [2.24, 2.45) is 4.99 Å². The molecule has 166 valence electrons. The number of halogens is 1.